The number of hydrogen-bond acceptors (Lipinski definition) is 3. The fourth-order valence-electron chi connectivity index (χ4n) is 2.46. The summed E-state index contributed by atoms with van der Waals surface area (Å²) in [6, 6.07) is 19.8. The Labute approximate surface area is 166 Å². The normalized spacial score (nSPS) is 11.1. The molecule has 0 aliphatic rings. The molecule has 1 N–H and O–H groups in total. The Kier molecular flexibility index (Phi) is 5.97. The van der Waals surface area contributed by atoms with Gasteiger partial charge in [0.2, 0.25) is 0 Å². The monoisotopic (exact) mass is 396 g/mol. The standard InChI is InChI=1S/C21H14Cl2N2O2/c22-17-7-4-8-18(23)20(17)19-10-9-16(27-19)11-15(12-24)21(26)25-13-14-5-2-1-3-6-14/h1-11H,13H2,(H,25,26)/b15-11+. The zero-order chi connectivity index (χ0) is 19.2. The number of carbonyl (C=O) groups is 1. The molecule has 4 nitrogen and oxygen atoms in total. The molecule has 1 amide bonds. The lowest BCUT2D eigenvalue weighted by atomic mass is 10.2. The van der Waals surface area contributed by atoms with Crippen molar-refractivity contribution in [1.82, 2.24) is 5.32 Å². The zero-order valence-electron chi connectivity index (χ0n) is 14.1. The van der Waals surface area contributed by atoms with Crippen molar-refractivity contribution >= 4 is 35.2 Å². The molecule has 0 saturated carbocycles. The van der Waals surface area contributed by atoms with E-state index in [4.69, 9.17) is 27.6 Å². The number of amides is 1. The lowest BCUT2D eigenvalue weighted by Gasteiger charge is -2.04. The van der Waals surface area contributed by atoms with Gasteiger partial charge in [0.15, 0.2) is 0 Å². The van der Waals surface area contributed by atoms with Gasteiger partial charge in [-0.15, -0.1) is 0 Å². The number of furan rings is 1. The predicted octanol–water partition coefficient (Wildman–Crippen LogP) is 5.48. The van der Waals surface area contributed by atoms with Gasteiger partial charge in [-0.2, -0.15) is 5.26 Å². The topological polar surface area (TPSA) is 66.0 Å². The minimum atomic E-state index is -0.477. The maximum Gasteiger partial charge on any atom is 0.262 e. The molecule has 0 unspecified atom stereocenters. The molecule has 0 bridgehead atoms. The summed E-state index contributed by atoms with van der Waals surface area (Å²) in [6.07, 6.45) is 1.38. The molecule has 1 aromatic heterocycles. The Morgan fingerprint density at radius 2 is 1.74 bits per heavy atom. The molecule has 0 spiro atoms. The highest BCUT2D eigenvalue weighted by molar-refractivity contribution is 6.39. The van der Waals surface area contributed by atoms with Crippen LogP contribution in [0.3, 0.4) is 0 Å². The number of hydrogen-bond donors (Lipinski definition) is 1. The quantitative estimate of drug-likeness (QED) is 0.458. The Morgan fingerprint density at radius 3 is 2.41 bits per heavy atom. The van der Waals surface area contributed by atoms with Crippen LogP contribution in [0.5, 0.6) is 0 Å². The largest absolute Gasteiger partial charge is 0.457 e. The average Bonchev–Trinajstić information content (AvgIpc) is 3.13. The van der Waals surface area contributed by atoms with Crippen molar-refractivity contribution in [2.75, 3.05) is 0 Å². The molecule has 134 valence electrons. The summed E-state index contributed by atoms with van der Waals surface area (Å²) in [6.45, 7) is 0.331. The van der Waals surface area contributed by atoms with Crippen LogP contribution in [0.15, 0.2) is 70.7 Å². The molecule has 1 heterocycles. The highest BCUT2D eigenvalue weighted by Crippen LogP contribution is 2.35. The van der Waals surface area contributed by atoms with Gasteiger partial charge in [-0.05, 0) is 29.8 Å². The Bertz CT molecular complexity index is 1010. The van der Waals surface area contributed by atoms with Crippen molar-refractivity contribution in [3.8, 4) is 17.4 Å². The van der Waals surface area contributed by atoms with Gasteiger partial charge in [0.1, 0.15) is 23.2 Å². The van der Waals surface area contributed by atoms with Crippen molar-refractivity contribution in [2.24, 2.45) is 0 Å². The summed E-state index contributed by atoms with van der Waals surface area (Å²) in [5, 5.41) is 12.9. The van der Waals surface area contributed by atoms with Gasteiger partial charge in [0, 0.05) is 12.6 Å². The number of carbonyl (C=O) groups excluding carboxylic acids is 1. The summed E-state index contributed by atoms with van der Waals surface area (Å²) in [7, 11) is 0. The van der Waals surface area contributed by atoms with E-state index in [0.29, 0.717) is 33.7 Å². The second kappa shape index (κ2) is 8.59. The van der Waals surface area contributed by atoms with Gasteiger partial charge in [-0.25, -0.2) is 0 Å². The van der Waals surface area contributed by atoms with E-state index in [0.717, 1.165) is 5.56 Å². The van der Waals surface area contributed by atoms with E-state index in [1.165, 1.54) is 6.08 Å². The maximum atomic E-state index is 12.3. The average molecular weight is 397 g/mol. The van der Waals surface area contributed by atoms with Crippen LogP contribution in [0.2, 0.25) is 10.0 Å². The van der Waals surface area contributed by atoms with E-state index >= 15 is 0 Å². The van der Waals surface area contributed by atoms with Crippen LogP contribution in [0.25, 0.3) is 17.4 Å². The second-order valence-corrected chi connectivity index (χ2v) is 6.45. The number of rotatable bonds is 5. The summed E-state index contributed by atoms with van der Waals surface area (Å²) in [4.78, 5) is 12.3. The molecule has 3 aromatic rings. The molecule has 0 fully saturated rings. The molecule has 0 radical (unpaired) electrons. The van der Waals surface area contributed by atoms with Crippen molar-refractivity contribution < 1.29 is 9.21 Å². The molecule has 0 saturated heterocycles. The molecule has 2 aromatic carbocycles. The minimum absolute atomic E-state index is 0.0583. The number of nitriles is 1. The highest BCUT2D eigenvalue weighted by atomic mass is 35.5. The molecule has 0 aliphatic carbocycles. The van der Waals surface area contributed by atoms with E-state index in [9.17, 15) is 10.1 Å². The molecular formula is C21H14Cl2N2O2. The van der Waals surface area contributed by atoms with Gasteiger partial charge < -0.3 is 9.73 Å². The fraction of sp³-hybridized carbons (Fsp3) is 0.0476. The Hall–Kier alpha value is -3.00. The fourth-order valence-corrected chi connectivity index (χ4v) is 3.05. The first-order chi connectivity index (χ1) is 13.1. The SMILES string of the molecule is N#C/C(=C\c1ccc(-c2c(Cl)cccc2Cl)o1)C(=O)NCc1ccccc1. The summed E-state index contributed by atoms with van der Waals surface area (Å²) >= 11 is 12.4. The number of halogens is 2. The molecular weight excluding hydrogens is 383 g/mol. The van der Waals surface area contributed by atoms with Gasteiger partial charge in [-0.3, -0.25) is 4.79 Å². The molecule has 0 aliphatic heterocycles. The zero-order valence-corrected chi connectivity index (χ0v) is 15.6. The van der Waals surface area contributed by atoms with Crippen molar-refractivity contribution in [2.45, 2.75) is 6.54 Å². The van der Waals surface area contributed by atoms with Crippen LogP contribution in [-0.2, 0) is 11.3 Å². The van der Waals surface area contributed by atoms with Crippen LogP contribution >= 0.6 is 23.2 Å². The lowest BCUT2D eigenvalue weighted by molar-refractivity contribution is -0.117. The smallest absolute Gasteiger partial charge is 0.262 e. The van der Waals surface area contributed by atoms with Crippen LogP contribution in [0.1, 0.15) is 11.3 Å². The Morgan fingerprint density at radius 1 is 1.04 bits per heavy atom. The first-order valence-corrected chi connectivity index (χ1v) is 8.82. The first kappa shape index (κ1) is 18.8. The Balaban J connectivity index is 1.77. The van der Waals surface area contributed by atoms with Crippen LogP contribution in [0.4, 0.5) is 0 Å². The lowest BCUT2D eigenvalue weighted by Crippen LogP contribution is -2.23. The van der Waals surface area contributed by atoms with Crippen LogP contribution < -0.4 is 5.32 Å². The molecule has 0 atom stereocenters. The summed E-state index contributed by atoms with van der Waals surface area (Å²) in [5.41, 5.74) is 1.45. The van der Waals surface area contributed by atoms with E-state index in [-0.39, 0.29) is 5.57 Å². The number of nitrogens with one attached hydrogen (secondary N) is 1. The van der Waals surface area contributed by atoms with E-state index in [2.05, 4.69) is 5.32 Å². The van der Waals surface area contributed by atoms with E-state index < -0.39 is 5.91 Å². The van der Waals surface area contributed by atoms with Gasteiger partial charge in [0.05, 0.1) is 15.6 Å². The van der Waals surface area contributed by atoms with E-state index in [1.807, 2.05) is 36.4 Å². The van der Waals surface area contributed by atoms with Crippen molar-refractivity contribution in [1.29, 1.82) is 5.26 Å². The molecule has 6 heteroatoms. The predicted molar refractivity (Wildman–Crippen MR) is 106 cm³/mol. The molecule has 27 heavy (non-hydrogen) atoms. The molecule has 3 rings (SSSR count). The first-order valence-electron chi connectivity index (χ1n) is 8.06. The number of nitrogens with zero attached hydrogens (tertiary/aromatic N) is 1. The van der Waals surface area contributed by atoms with Crippen molar-refractivity contribution in [3.05, 3.63) is 87.6 Å². The van der Waals surface area contributed by atoms with Crippen LogP contribution in [0, 0.1) is 11.3 Å². The number of benzene rings is 2. The van der Waals surface area contributed by atoms with Gasteiger partial charge in [-0.1, -0.05) is 59.6 Å². The second-order valence-electron chi connectivity index (χ2n) is 5.64. The third-order valence-corrected chi connectivity index (χ3v) is 4.41. The third kappa shape index (κ3) is 4.59. The van der Waals surface area contributed by atoms with Gasteiger partial charge in [0.25, 0.3) is 5.91 Å². The highest BCUT2D eigenvalue weighted by Gasteiger charge is 2.14. The maximum absolute atomic E-state index is 12.3. The van der Waals surface area contributed by atoms with Gasteiger partial charge >= 0.3 is 0 Å². The minimum Gasteiger partial charge on any atom is -0.457 e. The van der Waals surface area contributed by atoms with Crippen molar-refractivity contribution in [3.63, 3.8) is 0 Å². The van der Waals surface area contributed by atoms with E-state index in [1.54, 1.807) is 30.3 Å². The third-order valence-electron chi connectivity index (χ3n) is 3.78. The summed E-state index contributed by atoms with van der Waals surface area (Å²) in [5.74, 6) is 0.335. The van der Waals surface area contributed by atoms with Crippen LogP contribution in [-0.4, -0.2) is 5.91 Å². The summed E-state index contributed by atoms with van der Waals surface area (Å²) < 4.78 is 5.70.